The maximum Gasteiger partial charge on any atom is 0.317 e. The minimum atomic E-state index is -0.968. The number of carbonyl (C=O) groups is 1. The molecule has 2 bridgehead atoms. The summed E-state index contributed by atoms with van der Waals surface area (Å²) in [6, 6.07) is 7.81. The molecule has 2 heterocycles. The van der Waals surface area contributed by atoms with Crippen molar-refractivity contribution in [3.8, 4) is 0 Å². The van der Waals surface area contributed by atoms with Gasteiger partial charge in [0.2, 0.25) is 0 Å². The highest BCUT2D eigenvalue weighted by Crippen LogP contribution is 2.13. The molecule has 4 heteroatoms. The van der Waals surface area contributed by atoms with E-state index in [1.54, 1.807) is 0 Å². The predicted octanol–water partition coefficient (Wildman–Crippen LogP) is 0.900. The molecule has 0 radical (unpaired) electrons. The van der Waals surface area contributed by atoms with Gasteiger partial charge in [0.05, 0.1) is 6.54 Å². The number of nitrogens with two attached hydrogens (primary N) is 1. The van der Waals surface area contributed by atoms with Crippen LogP contribution in [0.3, 0.4) is 0 Å². The summed E-state index contributed by atoms with van der Waals surface area (Å²) in [6.07, 6.45) is 0. The van der Waals surface area contributed by atoms with Crippen molar-refractivity contribution in [3.63, 3.8) is 0 Å². The Morgan fingerprint density at radius 1 is 1.33 bits per heavy atom. The number of hydrogen-bond acceptors (Lipinski definition) is 3. The number of benzene rings is 1. The lowest BCUT2D eigenvalue weighted by Crippen LogP contribution is -2.10. The van der Waals surface area contributed by atoms with Crippen LogP contribution in [0, 0.1) is 0 Å². The van der Waals surface area contributed by atoms with Crippen LogP contribution in [0.1, 0.15) is 0 Å². The van der Waals surface area contributed by atoms with Crippen LogP contribution in [0.4, 0.5) is 0 Å². The van der Waals surface area contributed by atoms with E-state index in [2.05, 4.69) is 5.73 Å². The van der Waals surface area contributed by atoms with E-state index < -0.39 is 5.97 Å². The summed E-state index contributed by atoms with van der Waals surface area (Å²) >= 11 is 0. The van der Waals surface area contributed by atoms with Gasteiger partial charge in [-0.3, -0.25) is 4.79 Å². The first-order valence-electron chi connectivity index (χ1n) is 3.42. The summed E-state index contributed by atoms with van der Waals surface area (Å²) in [5.41, 5.74) is 6.51. The van der Waals surface area contributed by atoms with E-state index in [1.165, 1.54) is 0 Å². The van der Waals surface area contributed by atoms with Crippen LogP contribution in [-0.4, -0.2) is 17.6 Å². The van der Waals surface area contributed by atoms with Crippen molar-refractivity contribution in [2.45, 2.75) is 0 Å². The van der Waals surface area contributed by atoms with Gasteiger partial charge in [0.1, 0.15) is 11.2 Å². The molecule has 0 aromatic carbocycles. The quantitative estimate of drug-likeness (QED) is 0.661. The molecule has 3 N–H and O–H groups in total. The van der Waals surface area contributed by atoms with Gasteiger partial charge in [0, 0.05) is 0 Å². The van der Waals surface area contributed by atoms with E-state index in [0.717, 1.165) is 11.2 Å². The molecule has 0 amide bonds. The van der Waals surface area contributed by atoms with Crippen molar-refractivity contribution in [3.05, 3.63) is 24.3 Å². The first-order valence-corrected chi connectivity index (χ1v) is 3.42. The fourth-order valence-corrected chi connectivity index (χ4v) is 0.712. The van der Waals surface area contributed by atoms with E-state index in [9.17, 15) is 4.79 Å². The number of carboxylic acid groups (broad SMARTS) is 1. The summed E-state index contributed by atoms with van der Waals surface area (Å²) in [6.45, 7) is -0.278. The Kier molecular flexibility index (Phi) is 2.66. The standard InChI is InChI=1S/C6H4O.C2H5NO2/c1-2-6-4-3-5(1)7-6;3-1-2(4)5/h1-4H;1,3H2,(H,4,5). The SMILES string of the molecule is NCC(=O)O.c1cc2ccc1o2. The molecule has 0 saturated heterocycles. The average molecular weight is 167 g/mol. The Bertz CT molecular complexity index is 296. The average Bonchev–Trinajstić information content (AvgIpc) is 2.67. The molecule has 2 rings (SSSR count). The maximum atomic E-state index is 9.24. The third kappa shape index (κ3) is 2.25. The highest BCUT2D eigenvalue weighted by molar-refractivity contribution is 5.68. The Morgan fingerprint density at radius 3 is 1.75 bits per heavy atom. The number of fused-ring (bicyclic) bond motifs is 2. The molecule has 2 aromatic heterocycles. The van der Waals surface area contributed by atoms with Gasteiger partial charge in [-0.15, -0.1) is 0 Å². The topological polar surface area (TPSA) is 76.5 Å². The highest BCUT2D eigenvalue weighted by Gasteiger charge is 1.91. The van der Waals surface area contributed by atoms with Gasteiger partial charge in [0.15, 0.2) is 0 Å². The van der Waals surface area contributed by atoms with Crippen LogP contribution < -0.4 is 5.73 Å². The smallest absolute Gasteiger partial charge is 0.317 e. The van der Waals surface area contributed by atoms with Crippen LogP contribution in [0.2, 0.25) is 0 Å². The largest absolute Gasteiger partial charge is 0.480 e. The first-order chi connectivity index (χ1) is 5.72. The minimum Gasteiger partial charge on any atom is -0.480 e. The van der Waals surface area contributed by atoms with E-state index in [-0.39, 0.29) is 6.54 Å². The molecule has 0 aliphatic rings. The van der Waals surface area contributed by atoms with Crippen molar-refractivity contribution in [1.82, 2.24) is 0 Å². The van der Waals surface area contributed by atoms with Gasteiger partial charge in [-0.25, -0.2) is 0 Å². The predicted molar refractivity (Wildman–Crippen MR) is 44.1 cm³/mol. The van der Waals surface area contributed by atoms with Crippen molar-refractivity contribution >= 4 is 17.1 Å². The number of rotatable bonds is 1. The third-order valence-electron chi connectivity index (χ3n) is 1.23. The summed E-state index contributed by atoms with van der Waals surface area (Å²) in [7, 11) is 0. The van der Waals surface area contributed by atoms with Gasteiger partial charge in [-0.1, -0.05) is 0 Å². The Morgan fingerprint density at radius 2 is 1.67 bits per heavy atom. The number of hydrogen-bond donors (Lipinski definition) is 2. The zero-order valence-electron chi connectivity index (χ0n) is 6.36. The summed E-state index contributed by atoms with van der Waals surface area (Å²) in [5, 5.41) is 7.60. The van der Waals surface area contributed by atoms with Crippen molar-refractivity contribution in [2.75, 3.05) is 6.54 Å². The first kappa shape index (κ1) is 8.55. The summed E-state index contributed by atoms with van der Waals surface area (Å²) in [5.74, 6) is -0.968. The molecular weight excluding hydrogens is 158 g/mol. The fourth-order valence-electron chi connectivity index (χ4n) is 0.712. The normalized spacial score (nSPS) is 9.42. The molecule has 0 atom stereocenters. The van der Waals surface area contributed by atoms with Crippen LogP contribution in [0.25, 0.3) is 11.2 Å². The zero-order chi connectivity index (χ0) is 8.97. The van der Waals surface area contributed by atoms with Gasteiger partial charge in [0.25, 0.3) is 0 Å². The second-order valence-corrected chi connectivity index (χ2v) is 2.17. The Labute approximate surface area is 68.9 Å². The monoisotopic (exact) mass is 167 g/mol. The van der Waals surface area contributed by atoms with E-state index in [4.69, 9.17) is 9.52 Å². The Hall–Kier alpha value is -1.55. The van der Waals surface area contributed by atoms with Crippen LogP contribution in [-0.2, 0) is 4.79 Å². The van der Waals surface area contributed by atoms with Gasteiger partial charge < -0.3 is 15.3 Å². The summed E-state index contributed by atoms with van der Waals surface area (Å²) < 4.78 is 5.08. The molecular formula is C8H9NO3. The molecule has 0 aliphatic carbocycles. The van der Waals surface area contributed by atoms with Gasteiger partial charge in [-0.2, -0.15) is 0 Å². The second kappa shape index (κ2) is 3.73. The van der Waals surface area contributed by atoms with Crippen molar-refractivity contribution < 1.29 is 14.3 Å². The fraction of sp³-hybridized carbons (Fsp3) is 0.125. The Balaban J connectivity index is 0.000000130. The maximum absolute atomic E-state index is 9.24. The molecule has 12 heavy (non-hydrogen) atoms. The van der Waals surface area contributed by atoms with Crippen LogP contribution >= 0.6 is 0 Å². The number of aliphatic carboxylic acids is 1. The van der Waals surface area contributed by atoms with Crippen LogP contribution in [0.5, 0.6) is 0 Å². The minimum absolute atomic E-state index is 0.278. The highest BCUT2D eigenvalue weighted by atomic mass is 16.4. The lowest BCUT2D eigenvalue weighted by Gasteiger charge is -1.73. The third-order valence-corrected chi connectivity index (χ3v) is 1.23. The lowest BCUT2D eigenvalue weighted by molar-refractivity contribution is -0.135. The van der Waals surface area contributed by atoms with E-state index >= 15 is 0 Å². The number of carboxylic acids is 1. The van der Waals surface area contributed by atoms with Gasteiger partial charge >= 0.3 is 5.97 Å². The van der Waals surface area contributed by atoms with Crippen LogP contribution in [0.15, 0.2) is 28.7 Å². The van der Waals surface area contributed by atoms with E-state index in [1.807, 2.05) is 24.3 Å². The molecule has 0 fully saturated rings. The zero-order valence-corrected chi connectivity index (χ0v) is 6.36. The van der Waals surface area contributed by atoms with Crippen molar-refractivity contribution in [2.24, 2.45) is 5.73 Å². The molecule has 64 valence electrons. The van der Waals surface area contributed by atoms with Gasteiger partial charge in [-0.05, 0) is 24.3 Å². The lowest BCUT2D eigenvalue weighted by atomic mass is 10.4. The number of furan rings is 2. The molecule has 0 aliphatic heterocycles. The molecule has 4 nitrogen and oxygen atoms in total. The second-order valence-electron chi connectivity index (χ2n) is 2.17. The van der Waals surface area contributed by atoms with Crippen molar-refractivity contribution in [1.29, 1.82) is 0 Å². The molecule has 0 saturated carbocycles. The van der Waals surface area contributed by atoms with E-state index in [0.29, 0.717) is 0 Å². The summed E-state index contributed by atoms with van der Waals surface area (Å²) in [4.78, 5) is 9.24. The molecule has 2 aromatic rings. The molecule has 0 unspecified atom stereocenters. The molecule has 0 spiro atoms.